The van der Waals surface area contributed by atoms with E-state index in [0.29, 0.717) is 28.3 Å². The number of fused-ring (bicyclic) bond motifs is 4. The van der Waals surface area contributed by atoms with Crippen LogP contribution in [0.4, 0.5) is 5.69 Å². The number of benzene rings is 1. The van der Waals surface area contributed by atoms with Crippen LogP contribution in [0.2, 0.25) is 5.02 Å². The summed E-state index contributed by atoms with van der Waals surface area (Å²) in [5.74, 6) is -0.289. The monoisotopic (exact) mass is 355 g/mol. The third-order valence-corrected chi connectivity index (χ3v) is 4.83. The maximum absolute atomic E-state index is 13.2. The van der Waals surface area contributed by atoms with E-state index in [4.69, 9.17) is 22.1 Å². The Morgan fingerprint density at radius 2 is 2.28 bits per heavy atom. The van der Waals surface area contributed by atoms with E-state index in [1.807, 2.05) is 6.92 Å². The molecule has 1 amide bonds. The third-order valence-electron chi connectivity index (χ3n) is 4.60. The molecular weight excluding hydrogens is 342 g/mol. The number of nitriles is 1. The van der Waals surface area contributed by atoms with Crippen molar-refractivity contribution in [3.8, 4) is 11.9 Å². The number of ether oxygens (including phenoxy) is 1. The number of carbonyl (C=O) groups excluding carboxylic acids is 1. The number of nitrogens with zero attached hydrogens (tertiary/aromatic N) is 2. The number of aryl methyl sites for hydroxylation is 1. The van der Waals surface area contributed by atoms with E-state index in [1.54, 1.807) is 18.2 Å². The molecule has 1 aromatic carbocycles. The Morgan fingerprint density at radius 1 is 1.48 bits per heavy atom. The Morgan fingerprint density at radius 3 is 3.00 bits per heavy atom. The van der Waals surface area contributed by atoms with Gasteiger partial charge in [0.05, 0.1) is 5.56 Å². The normalized spacial score (nSPS) is 20.8. The molecule has 4 rings (SSSR count). The highest BCUT2D eigenvalue weighted by atomic mass is 35.5. The van der Waals surface area contributed by atoms with Crippen LogP contribution in [0.1, 0.15) is 30.2 Å². The predicted molar refractivity (Wildman–Crippen MR) is 90.9 cm³/mol. The molecule has 1 spiro atoms. The topological polar surface area (TPSA) is 117 Å². The highest BCUT2D eigenvalue weighted by Crippen LogP contribution is 2.54. The van der Waals surface area contributed by atoms with Crippen LogP contribution in [-0.2, 0) is 16.6 Å². The molecular formula is C17H14ClN5O2. The zero-order valence-electron chi connectivity index (χ0n) is 13.3. The molecule has 126 valence electrons. The molecule has 0 radical (unpaired) electrons. The van der Waals surface area contributed by atoms with Crippen molar-refractivity contribution in [3.63, 3.8) is 0 Å². The second-order valence-electron chi connectivity index (χ2n) is 5.98. The number of nitrogens with one attached hydrogen (secondary N) is 2. The van der Waals surface area contributed by atoms with Gasteiger partial charge in [-0.1, -0.05) is 24.9 Å². The minimum Gasteiger partial charge on any atom is -0.420 e. The molecule has 0 bridgehead atoms. The molecule has 3 heterocycles. The zero-order valence-corrected chi connectivity index (χ0v) is 14.1. The fourth-order valence-electron chi connectivity index (χ4n) is 3.63. The number of hydrogen-bond donors (Lipinski definition) is 3. The van der Waals surface area contributed by atoms with Gasteiger partial charge in [-0.2, -0.15) is 5.26 Å². The number of aromatic amines is 1. The molecule has 0 unspecified atom stereocenters. The summed E-state index contributed by atoms with van der Waals surface area (Å²) in [6.45, 7) is 2.01. The fourth-order valence-corrected chi connectivity index (χ4v) is 3.80. The van der Waals surface area contributed by atoms with Crippen molar-refractivity contribution in [1.82, 2.24) is 10.2 Å². The van der Waals surface area contributed by atoms with Crippen molar-refractivity contribution in [2.45, 2.75) is 25.2 Å². The second-order valence-corrected chi connectivity index (χ2v) is 6.42. The van der Waals surface area contributed by atoms with Gasteiger partial charge in [-0.3, -0.25) is 9.89 Å². The Kier molecular flexibility index (Phi) is 3.27. The van der Waals surface area contributed by atoms with Gasteiger partial charge in [0.25, 0.3) is 0 Å². The lowest BCUT2D eigenvalue weighted by Gasteiger charge is -2.31. The molecule has 1 atom stereocenters. The number of rotatable bonds is 2. The van der Waals surface area contributed by atoms with E-state index in [9.17, 15) is 10.1 Å². The molecule has 2 aliphatic heterocycles. The van der Waals surface area contributed by atoms with Gasteiger partial charge in [-0.25, -0.2) is 0 Å². The standard InChI is InChI=1S/C17H14ClN5O2/c1-2-3-12-13-15(23-22-12)25-14(20)10(7-19)17(13)9-6-8(18)4-5-11(9)21-16(17)24/h4-6H,2-3,20H2,1H3,(H,21,24)(H,22,23)/t17-/m1/s1. The summed E-state index contributed by atoms with van der Waals surface area (Å²) >= 11 is 6.18. The molecule has 0 saturated heterocycles. The maximum atomic E-state index is 13.2. The molecule has 4 N–H and O–H groups in total. The summed E-state index contributed by atoms with van der Waals surface area (Å²) in [6, 6.07) is 7.13. The van der Waals surface area contributed by atoms with Crippen LogP contribution in [0.3, 0.4) is 0 Å². The van der Waals surface area contributed by atoms with E-state index < -0.39 is 5.41 Å². The van der Waals surface area contributed by atoms with E-state index >= 15 is 0 Å². The maximum Gasteiger partial charge on any atom is 0.245 e. The number of amides is 1. The van der Waals surface area contributed by atoms with Crippen LogP contribution in [0.25, 0.3) is 0 Å². The summed E-state index contributed by atoms with van der Waals surface area (Å²) in [5, 5.41) is 20.1. The van der Waals surface area contributed by atoms with Gasteiger partial charge in [-0.05, 0) is 24.6 Å². The smallest absolute Gasteiger partial charge is 0.245 e. The van der Waals surface area contributed by atoms with Crippen LogP contribution < -0.4 is 15.8 Å². The van der Waals surface area contributed by atoms with Crippen molar-refractivity contribution >= 4 is 23.2 Å². The number of H-pyrrole nitrogens is 1. The average molecular weight is 356 g/mol. The van der Waals surface area contributed by atoms with E-state index in [-0.39, 0.29) is 23.2 Å². The molecule has 25 heavy (non-hydrogen) atoms. The lowest BCUT2D eigenvalue weighted by molar-refractivity contribution is -0.118. The minimum absolute atomic E-state index is 0.0391. The van der Waals surface area contributed by atoms with Crippen molar-refractivity contribution < 1.29 is 9.53 Å². The van der Waals surface area contributed by atoms with E-state index in [1.165, 1.54) is 0 Å². The van der Waals surface area contributed by atoms with E-state index in [0.717, 1.165) is 12.1 Å². The summed E-state index contributed by atoms with van der Waals surface area (Å²) in [6.07, 6.45) is 1.48. The Hall–Kier alpha value is -2.98. The number of hydrogen-bond acceptors (Lipinski definition) is 5. The second kappa shape index (κ2) is 5.26. The third kappa shape index (κ3) is 1.86. The Labute approximate surface area is 148 Å². The van der Waals surface area contributed by atoms with Crippen molar-refractivity contribution in [1.29, 1.82) is 5.26 Å². The molecule has 1 aromatic heterocycles. The van der Waals surface area contributed by atoms with Crippen molar-refractivity contribution in [2.75, 3.05) is 5.32 Å². The molecule has 2 aliphatic rings. The van der Waals surface area contributed by atoms with Crippen molar-refractivity contribution in [3.05, 3.63) is 51.5 Å². The van der Waals surface area contributed by atoms with Gasteiger partial charge in [-0.15, -0.1) is 5.10 Å². The lowest BCUT2D eigenvalue weighted by atomic mass is 9.69. The quantitative estimate of drug-likeness (QED) is 0.764. The molecule has 8 heteroatoms. The van der Waals surface area contributed by atoms with Crippen LogP contribution in [0.5, 0.6) is 5.88 Å². The summed E-state index contributed by atoms with van der Waals surface area (Å²) in [7, 11) is 0. The predicted octanol–water partition coefficient (Wildman–Crippen LogP) is 2.34. The first-order valence-electron chi connectivity index (χ1n) is 7.81. The summed E-state index contributed by atoms with van der Waals surface area (Å²) in [4.78, 5) is 13.2. The largest absolute Gasteiger partial charge is 0.420 e. The highest BCUT2D eigenvalue weighted by molar-refractivity contribution is 6.31. The molecule has 0 aliphatic carbocycles. The fraction of sp³-hybridized carbons (Fsp3) is 0.235. The molecule has 7 nitrogen and oxygen atoms in total. The highest BCUT2D eigenvalue weighted by Gasteiger charge is 2.58. The van der Waals surface area contributed by atoms with E-state index in [2.05, 4.69) is 21.6 Å². The summed E-state index contributed by atoms with van der Waals surface area (Å²) < 4.78 is 5.52. The van der Waals surface area contributed by atoms with Gasteiger partial charge in [0, 0.05) is 22.0 Å². The first-order valence-corrected chi connectivity index (χ1v) is 8.19. The lowest BCUT2D eigenvalue weighted by Crippen LogP contribution is -2.42. The van der Waals surface area contributed by atoms with Gasteiger partial charge < -0.3 is 15.8 Å². The average Bonchev–Trinajstić information content (AvgIpc) is 3.09. The zero-order chi connectivity index (χ0) is 17.8. The van der Waals surface area contributed by atoms with Crippen LogP contribution in [0.15, 0.2) is 29.7 Å². The van der Waals surface area contributed by atoms with Crippen molar-refractivity contribution in [2.24, 2.45) is 5.73 Å². The number of nitrogens with two attached hydrogens (primary N) is 1. The number of aromatic nitrogens is 2. The number of halogens is 1. The SMILES string of the molecule is CCCc1[nH]nc2c1[C@]1(C(=O)Nc3ccc(Cl)cc31)C(C#N)=C(N)O2. The first-order chi connectivity index (χ1) is 12.0. The van der Waals surface area contributed by atoms with Gasteiger partial charge in [0.15, 0.2) is 0 Å². The molecule has 0 saturated carbocycles. The Balaban J connectivity index is 2.13. The molecule has 2 aromatic rings. The van der Waals surface area contributed by atoms with Gasteiger partial charge in [0.1, 0.15) is 17.1 Å². The van der Waals surface area contributed by atoms with Crippen LogP contribution >= 0.6 is 11.6 Å². The first kappa shape index (κ1) is 15.5. The summed E-state index contributed by atoms with van der Waals surface area (Å²) in [5.41, 5.74) is 7.02. The van der Waals surface area contributed by atoms with Gasteiger partial charge >= 0.3 is 0 Å². The number of carbonyl (C=O) groups is 1. The Bertz CT molecular complexity index is 987. The van der Waals surface area contributed by atoms with Gasteiger partial charge in [0.2, 0.25) is 17.7 Å². The molecule has 0 fully saturated rings. The van der Waals surface area contributed by atoms with Crippen LogP contribution in [-0.4, -0.2) is 16.1 Å². The minimum atomic E-state index is -1.41. The van der Waals surface area contributed by atoms with Crippen LogP contribution in [0, 0.1) is 11.3 Å². The number of anilines is 1.